The largest absolute Gasteiger partial charge is 0.348 e. The molecule has 114 valence electrons. The van der Waals surface area contributed by atoms with Gasteiger partial charge in [0.1, 0.15) is 0 Å². The Labute approximate surface area is 129 Å². The van der Waals surface area contributed by atoms with Crippen LogP contribution in [0.15, 0.2) is 11.2 Å². The van der Waals surface area contributed by atoms with Crippen molar-refractivity contribution in [2.45, 2.75) is 38.1 Å². The predicted octanol–water partition coefficient (Wildman–Crippen LogP) is 1.95. The molecule has 0 bridgehead atoms. The van der Waals surface area contributed by atoms with E-state index in [-0.39, 0.29) is 17.1 Å². The van der Waals surface area contributed by atoms with Crippen molar-refractivity contribution >= 4 is 23.4 Å². The summed E-state index contributed by atoms with van der Waals surface area (Å²) in [6.45, 7) is 7.96. The van der Waals surface area contributed by atoms with Gasteiger partial charge in [0.15, 0.2) is 0 Å². The molecule has 21 heavy (non-hydrogen) atoms. The summed E-state index contributed by atoms with van der Waals surface area (Å²) in [6, 6.07) is 1.96. The molecule has 0 aromatic carbocycles. The predicted molar refractivity (Wildman–Crippen MR) is 83.4 cm³/mol. The topological polar surface area (TPSA) is 63.4 Å². The lowest BCUT2D eigenvalue weighted by Gasteiger charge is -2.21. The zero-order valence-electron chi connectivity index (χ0n) is 13.3. The molecule has 1 atom stereocenters. The van der Waals surface area contributed by atoms with Gasteiger partial charge in [0.05, 0.1) is 5.25 Å². The first-order valence-corrected chi connectivity index (χ1v) is 7.76. The van der Waals surface area contributed by atoms with Crippen molar-refractivity contribution in [2.75, 3.05) is 14.1 Å². The lowest BCUT2D eigenvalue weighted by atomic mass is 10.1. The van der Waals surface area contributed by atoms with Gasteiger partial charge >= 0.3 is 0 Å². The van der Waals surface area contributed by atoms with Crippen molar-refractivity contribution in [2.24, 2.45) is 5.92 Å². The molecule has 0 saturated heterocycles. The summed E-state index contributed by atoms with van der Waals surface area (Å²) in [5.74, 6) is 0.858. The normalized spacial score (nSPS) is 12.9. The van der Waals surface area contributed by atoms with Crippen LogP contribution < -0.4 is 0 Å². The monoisotopic (exact) mass is 307 g/mol. The van der Waals surface area contributed by atoms with Crippen molar-refractivity contribution in [1.82, 2.24) is 24.5 Å². The molecule has 2 aromatic rings. The Kier molecular flexibility index (Phi) is 4.51. The summed E-state index contributed by atoms with van der Waals surface area (Å²) >= 11 is 1.40. The number of carbonyl (C=O) groups excluding carboxylic acids is 1. The molecule has 0 aliphatic rings. The molecule has 0 radical (unpaired) electrons. The van der Waals surface area contributed by atoms with Crippen molar-refractivity contribution in [3.63, 3.8) is 0 Å². The van der Waals surface area contributed by atoms with E-state index in [0.29, 0.717) is 10.9 Å². The second kappa shape index (κ2) is 6.01. The summed E-state index contributed by atoms with van der Waals surface area (Å²) in [6.07, 6.45) is 0. The average Bonchev–Trinajstić information content (AvgIpc) is 2.77. The summed E-state index contributed by atoms with van der Waals surface area (Å²) in [4.78, 5) is 22.7. The van der Waals surface area contributed by atoms with Gasteiger partial charge in [-0.15, -0.1) is 5.10 Å². The third-order valence-electron chi connectivity index (χ3n) is 3.12. The Balaban J connectivity index is 2.33. The first kappa shape index (κ1) is 15.8. The van der Waals surface area contributed by atoms with Gasteiger partial charge in [0.2, 0.25) is 11.1 Å². The van der Waals surface area contributed by atoms with E-state index in [1.807, 2.05) is 33.8 Å². The molecule has 1 unspecified atom stereocenters. The molecule has 0 fully saturated rings. The molecule has 0 spiro atoms. The quantitative estimate of drug-likeness (QED) is 0.808. The molecule has 0 N–H and O–H groups in total. The lowest BCUT2D eigenvalue weighted by Crippen LogP contribution is -2.34. The number of rotatable bonds is 4. The van der Waals surface area contributed by atoms with Gasteiger partial charge in [-0.1, -0.05) is 25.6 Å². The van der Waals surface area contributed by atoms with E-state index in [4.69, 9.17) is 0 Å². The Morgan fingerprint density at radius 1 is 1.29 bits per heavy atom. The van der Waals surface area contributed by atoms with Crippen LogP contribution in [-0.2, 0) is 4.79 Å². The van der Waals surface area contributed by atoms with Gasteiger partial charge in [-0.05, 0) is 25.8 Å². The first-order chi connectivity index (χ1) is 9.79. The number of amides is 1. The van der Waals surface area contributed by atoms with Crippen LogP contribution in [0.1, 0.15) is 25.2 Å². The Hall–Kier alpha value is -1.63. The maximum absolute atomic E-state index is 12.3. The van der Waals surface area contributed by atoms with Crippen molar-refractivity contribution in [3.05, 3.63) is 17.5 Å². The number of aromatic nitrogens is 4. The molecular formula is C14H21N5OS. The highest BCUT2D eigenvalue weighted by Gasteiger charge is 2.27. The second-order valence-corrected chi connectivity index (χ2v) is 6.77. The number of nitrogens with zero attached hydrogens (tertiary/aromatic N) is 5. The minimum atomic E-state index is -0.196. The number of carbonyl (C=O) groups is 1. The summed E-state index contributed by atoms with van der Waals surface area (Å²) < 4.78 is 1.72. The summed E-state index contributed by atoms with van der Waals surface area (Å²) in [7, 11) is 3.54. The number of aryl methyl sites for hydroxylation is 2. The van der Waals surface area contributed by atoms with Gasteiger partial charge in [-0.2, -0.15) is 4.98 Å². The van der Waals surface area contributed by atoms with E-state index in [1.165, 1.54) is 11.8 Å². The fourth-order valence-electron chi connectivity index (χ4n) is 2.04. The first-order valence-electron chi connectivity index (χ1n) is 6.88. The molecule has 0 aliphatic heterocycles. The fraction of sp³-hybridized carbons (Fsp3) is 0.571. The van der Waals surface area contributed by atoms with Crippen LogP contribution in [0.3, 0.4) is 0 Å². The molecule has 2 rings (SSSR count). The molecule has 2 heterocycles. The van der Waals surface area contributed by atoms with E-state index in [2.05, 4.69) is 15.1 Å². The van der Waals surface area contributed by atoms with Crippen LogP contribution >= 0.6 is 11.8 Å². The van der Waals surface area contributed by atoms with Crippen molar-refractivity contribution < 1.29 is 4.79 Å². The van der Waals surface area contributed by atoms with Crippen LogP contribution in [0.2, 0.25) is 0 Å². The van der Waals surface area contributed by atoms with Gasteiger partial charge in [0, 0.05) is 25.5 Å². The molecule has 6 nitrogen and oxygen atoms in total. The Bertz CT molecular complexity index is 665. The van der Waals surface area contributed by atoms with Gasteiger partial charge in [-0.25, -0.2) is 9.50 Å². The number of hydrogen-bond acceptors (Lipinski definition) is 5. The van der Waals surface area contributed by atoms with E-state index < -0.39 is 0 Å². The smallest absolute Gasteiger partial charge is 0.253 e. The minimum absolute atomic E-state index is 0.0784. The van der Waals surface area contributed by atoms with Crippen LogP contribution in [0.25, 0.3) is 5.78 Å². The molecular weight excluding hydrogens is 286 g/mol. The SMILES string of the molecule is Cc1cc(C)n2nc(SC(C(=O)N(C)C)C(C)C)nc2n1. The molecule has 0 saturated carbocycles. The highest BCUT2D eigenvalue weighted by atomic mass is 32.2. The minimum Gasteiger partial charge on any atom is -0.348 e. The van der Waals surface area contributed by atoms with Crippen LogP contribution in [0, 0.1) is 19.8 Å². The van der Waals surface area contributed by atoms with E-state index >= 15 is 0 Å². The molecule has 0 aliphatic carbocycles. The third-order valence-corrected chi connectivity index (χ3v) is 4.50. The highest BCUT2D eigenvalue weighted by molar-refractivity contribution is 8.00. The third kappa shape index (κ3) is 3.34. The van der Waals surface area contributed by atoms with Crippen LogP contribution in [-0.4, -0.2) is 49.7 Å². The van der Waals surface area contributed by atoms with Crippen molar-refractivity contribution in [1.29, 1.82) is 0 Å². The van der Waals surface area contributed by atoms with Crippen molar-refractivity contribution in [3.8, 4) is 0 Å². The Morgan fingerprint density at radius 3 is 2.52 bits per heavy atom. The van der Waals surface area contributed by atoms with Gasteiger partial charge < -0.3 is 4.90 Å². The van der Waals surface area contributed by atoms with Crippen LogP contribution in [0.5, 0.6) is 0 Å². The van der Waals surface area contributed by atoms with Gasteiger partial charge in [0.25, 0.3) is 5.78 Å². The number of thioether (sulfide) groups is 1. The molecule has 2 aromatic heterocycles. The zero-order valence-corrected chi connectivity index (χ0v) is 14.1. The molecule has 7 heteroatoms. The molecule has 1 amide bonds. The standard InChI is InChI=1S/C14H21N5OS/c1-8(2)11(12(20)18(5)6)21-14-16-13-15-9(3)7-10(4)19(13)17-14/h7-8,11H,1-6H3. The van der Waals surface area contributed by atoms with E-state index in [0.717, 1.165) is 11.4 Å². The Morgan fingerprint density at radius 2 is 1.95 bits per heavy atom. The van der Waals surface area contributed by atoms with Gasteiger partial charge in [-0.3, -0.25) is 4.79 Å². The zero-order chi connectivity index (χ0) is 15.7. The second-order valence-electron chi connectivity index (χ2n) is 5.66. The summed E-state index contributed by atoms with van der Waals surface area (Å²) in [5.41, 5.74) is 1.89. The maximum Gasteiger partial charge on any atom is 0.253 e. The lowest BCUT2D eigenvalue weighted by molar-refractivity contribution is -0.128. The average molecular weight is 307 g/mol. The maximum atomic E-state index is 12.3. The van der Waals surface area contributed by atoms with E-state index in [9.17, 15) is 4.79 Å². The summed E-state index contributed by atoms with van der Waals surface area (Å²) in [5, 5.41) is 4.85. The highest BCUT2D eigenvalue weighted by Crippen LogP contribution is 2.27. The van der Waals surface area contributed by atoms with Crippen LogP contribution in [0.4, 0.5) is 0 Å². The van der Waals surface area contributed by atoms with E-state index in [1.54, 1.807) is 23.5 Å². The fourth-order valence-corrected chi connectivity index (χ4v) is 3.11. The number of fused-ring (bicyclic) bond motifs is 1. The number of hydrogen-bond donors (Lipinski definition) is 0.